The van der Waals surface area contributed by atoms with Crippen LogP contribution in [-0.4, -0.2) is 47.7 Å². The standard InChI is InChI=1S/C15H23NO.C2H2O4/c1-15(2)13-9-6-5-8-12(13)14(17-15)10-7-11-16(3)4;3-1(4)2(5)6/h5-6,8-9,14H,7,10-11H2,1-4H3;(H,3,4)(H,5,6). The summed E-state index contributed by atoms with van der Waals surface area (Å²) in [6.45, 7) is 5.46. The molecule has 0 aromatic heterocycles. The lowest BCUT2D eigenvalue weighted by atomic mass is 9.94. The summed E-state index contributed by atoms with van der Waals surface area (Å²) in [6.07, 6.45) is 2.57. The van der Waals surface area contributed by atoms with E-state index in [1.54, 1.807) is 0 Å². The Labute approximate surface area is 136 Å². The molecule has 0 saturated carbocycles. The Bertz CT molecular complexity index is 542. The lowest BCUT2D eigenvalue weighted by molar-refractivity contribution is -0.159. The fourth-order valence-corrected chi connectivity index (χ4v) is 2.62. The third-order valence-corrected chi connectivity index (χ3v) is 3.65. The van der Waals surface area contributed by atoms with Crippen LogP contribution in [0.1, 0.15) is 43.9 Å². The van der Waals surface area contributed by atoms with Crippen LogP contribution in [0.2, 0.25) is 0 Å². The van der Waals surface area contributed by atoms with Crippen LogP contribution >= 0.6 is 0 Å². The number of carbonyl (C=O) groups is 2. The van der Waals surface area contributed by atoms with Gasteiger partial charge in [0, 0.05) is 0 Å². The van der Waals surface area contributed by atoms with Crippen LogP contribution < -0.4 is 0 Å². The predicted molar refractivity (Wildman–Crippen MR) is 86.4 cm³/mol. The van der Waals surface area contributed by atoms with Gasteiger partial charge in [-0.05, 0) is 58.5 Å². The second-order valence-electron chi connectivity index (χ2n) is 6.26. The molecule has 0 amide bonds. The Hall–Kier alpha value is -1.92. The van der Waals surface area contributed by atoms with E-state index in [2.05, 4.69) is 57.1 Å². The molecule has 0 aliphatic carbocycles. The van der Waals surface area contributed by atoms with E-state index >= 15 is 0 Å². The Morgan fingerprint density at radius 1 is 1.17 bits per heavy atom. The van der Waals surface area contributed by atoms with Gasteiger partial charge in [0.25, 0.3) is 0 Å². The van der Waals surface area contributed by atoms with Gasteiger partial charge < -0.3 is 19.8 Å². The van der Waals surface area contributed by atoms with Crippen molar-refractivity contribution in [3.8, 4) is 0 Å². The summed E-state index contributed by atoms with van der Waals surface area (Å²) < 4.78 is 6.18. The molecule has 1 aliphatic heterocycles. The Morgan fingerprint density at radius 2 is 1.74 bits per heavy atom. The van der Waals surface area contributed by atoms with Crippen LogP contribution in [0.5, 0.6) is 0 Å². The predicted octanol–water partition coefficient (Wildman–Crippen LogP) is 2.49. The average Bonchev–Trinajstić information content (AvgIpc) is 2.71. The summed E-state index contributed by atoms with van der Waals surface area (Å²) in [4.78, 5) is 20.4. The molecule has 0 bridgehead atoms. The molecule has 0 radical (unpaired) electrons. The maximum absolute atomic E-state index is 9.10. The molecule has 128 valence electrons. The molecule has 6 nitrogen and oxygen atoms in total. The minimum absolute atomic E-state index is 0.126. The third-order valence-electron chi connectivity index (χ3n) is 3.65. The van der Waals surface area contributed by atoms with Crippen molar-refractivity contribution in [1.29, 1.82) is 0 Å². The molecular formula is C17H25NO5. The van der Waals surface area contributed by atoms with Crippen LogP contribution in [0.4, 0.5) is 0 Å². The van der Waals surface area contributed by atoms with Crippen molar-refractivity contribution in [3.63, 3.8) is 0 Å². The summed E-state index contributed by atoms with van der Waals surface area (Å²) in [7, 11) is 4.24. The van der Waals surface area contributed by atoms with E-state index in [9.17, 15) is 0 Å². The van der Waals surface area contributed by atoms with Gasteiger partial charge in [-0.3, -0.25) is 0 Å². The number of carboxylic acids is 2. The number of nitrogens with zero attached hydrogens (tertiary/aromatic N) is 1. The molecule has 1 aromatic carbocycles. The fourth-order valence-electron chi connectivity index (χ4n) is 2.62. The maximum Gasteiger partial charge on any atom is 0.414 e. The molecule has 6 heteroatoms. The first-order valence-corrected chi connectivity index (χ1v) is 7.53. The van der Waals surface area contributed by atoms with E-state index < -0.39 is 11.9 Å². The van der Waals surface area contributed by atoms with Crippen molar-refractivity contribution in [3.05, 3.63) is 35.4 Å². The van der Waals surface area contributed by atoms with Crippen molar-refractivity contribution < 1.29 is 24.5 Å². The first kappa shape index (κ1) is 19.1. The zero-order valence-electron chi connectivity index (χ0n) is 14.1. The van der Waals surface area contributed by atoms with Gasteiger partial charge in [0.15, 0.2) is 0 Å². The van der Waals surface area contributed by atoms with Gasteiger partial charge in [-0.25, -0.2) is 9.59 Å². The van der Waals surface area contributed by atoms with Crippen molar-refractivity contribution in [2.24, 2.45) is 0 Å². The normalized spacial score (nSPS) is 18.0. The molecule has 0 fully saturated rings. The molecule has 23 heavy (non-hydrogen) atoms. The SMILES string of the molecule is CN(C)CCCC1OC(C)(C)c2ccccc21.O=C(O)C(=O)O. The topological polar surface area (TPSA) is 87.1 Å². The van der Waals surface area contributed by atoms with Crippen molar-refractivity contribution in [2.75, 3.05) is 20.6 Å². The zero-order valence-corrected chi connectivity index (χ0v) is 14.1. The lowest BCUT2D eigenvalue weighted by Gasteiger charge is -2.21. The quantitative estimate of drug-likeness (QED) is 0.828. The number of hydrogen-bond acceptors (Lipinski definition) is 4. The number of benzene rings is 1. The minimum atomic E-state index is -1.82. The summed E-state index contributed by atoms with van der Waals surface area (Å²) >= 11 is 0. The summed E-state index contributed by atoms with van der Waals surface area (Å²) in [6, 6.07) is 8.63. The molecule has 1 heterocycles. The third kappa shape index (κ3) is 5.65. The van der Waals surface area contributed by atoms with Gasteiger partial charge in [-0.15, -0.1) is 0 Å². The minimum Gasteiger partial charge on any atom is -0.473 e. The highest BCUT2D eigenvalue weighted by Crippen LogP contribution is 2.44. The second-order valence-corrected chi connectivity index (χ2v) is 6.26. The van der Waals surface area contributed by atoms with Crippen LogP contribution in [0, 0.1) is 0 Å². The smallest absolute Gasteiger partial charge is 0.414 e. The summed E-state index contributed by atoms with van der Waals surface area (Å²) in [5, 5.41) is 14.8. The van der Waals surface area contributed by atoms with Crippen molar-refractivity contribution in [1.82, 2.24) is 4.90 Å². The summed E-state index contributed by atoms with van der Waals surface area (Å²) in [5.74, 6) is -3.65. The number of fused-ring (bicyclic) bond motifs is 1. The van der Waals surface area contributed by atoms with Gasteiger partial charge in [-0.2, -0.15) is 0 Å². The molecule has 1 aliphatic rings. The zero-order chi connectivity index (χ0) is 17.6. The highest BCUT2D eigenvalue weighted by Gasteiger charge is 2.36. The number of ether oxygens (including phenoxy) is 1. The van der Waals surface area contributed by atoms with Gasteiger partial charge in [0.2, 0.25) is 0 Å². The van der Waals surface area contributed by atoms with E-state index in [0.717, 1.165) is 13.0 Å². The highest BCUT2D eigenvalue weighted by atomic mass is 16.5. The molecular weight excluding hydrogens is 298 g/mol. The van der Waals surface area contributed by atoms with E-state index in [0.29, 0.717) is 0 Å². The molecule has 0 saturated heterocycles. The molecule has 0 spiro atoms. The number of rotatable bonds is 4. The molecule has 1 aromatic rings. The lowest BCUT2D eigenvalue weighted by Crippen LogP contribution is -2.17. The van der Waals surface area contributed by atoms with E-state index in [1.807, 2.05) is 0 Å². The Kier molecular flexibility index (Phi) is 6.72. The number of hydrogen-bond donors (Lipinski definition) is 2. The highest BCUT2D eigenvalue weighted by molar-refractivity contribution is 6.27. The van der Waals surface area contributed by atoms with Gasteiger partial charge >= 0.3 is 11.9 Å². The van der Waals surface area contributed by atoms with Gasteiger partial charge in [0.05, 0.1) is 11.7 Å². The van der Waals surface area contributed by atoms with E-state index in [4.69, 9.17) is 24.5 Å². The van der Waals surface area contributed by atoms with E-state index in [1.165, 1.54) is 17.5 Å². The van der Waals surface area contributed by atoms with Crippen LogP contribution in [0.15, 0.2) is 24.3 Å². The van der Waals surface area contributed by atoms with Crippen LogP contribution in [-0.2, 0) is 19.9 Å². The van der Waals surface area contributed by atoms with Gasteiger partial charge in [0.1, 0.15) is 0 Å². The number of aliphatic carboxylic acids is 2. The summed E-state index contributed by atoms with van der Waals surface area (Å²) in [5.41, 5.74) is 2.62. The molecule has 2 rings (SSSR count). The van der Waals surface area contributed by atoms with E-state index in [-0.39, 0.29) is 11.7 Å². The monoisotopic (exact) mass is 323 g/mol. The number of carboxylic acid groups (broad SMARTS) is 2. The molecule has 1 unspecified atom stereocenters. The fraction of sp³-hybridized carbons (Fsp3) is 0.529. The van der Waals surface area contributed by atoms with Crippen molar-refractivity contribution in [2.45, 2.75) is 38.4 Å². The molecule has 1 atom stereocenters. The first-order valence-electron chi connectivity index (χ1n) is 7.53. The Balaban J connectivity index is 0.000000379. The second kappa shape index (κ2) is 8.08. The maximum atomic E-state index is 9.10. The first-order chi connectivity index (χ1) is 10.6. The average molecular weight is 323 g/mol. The van der Waals surface area contributed by atoms with Gasteiger partial charge in [-0.1, -0.05) is 24.3 Å². The largest absolute Gasteiger partial charge is 0.473 e. The van der Waals surface area contributed by atoms with Crippen LogP contribution in [0.25, 0.3) is 0 Å². The Morgan fingerprint density at radius 3 is 2.26 bits per heavy atom. The molecule has 2 N–H and O–H groups in total. The van der Waals surface area contributed by atoms with Crippen LogP contribution in [0.3, 0.4) is 0 Å². The van der Waals surface area contributed by atoms with Crippen molar-refractivity contribution >= 4 is 11.9 Å².